The molecule has 0 aliphatic rings. The molecular formula is C15H9FO2. The van der Waals surface area contributed by atoms with Crippen LogP contribution in [0.5, 0.6) is 0 Å². The van der Waals surface area contributed by atoms with E-state index in [1.165, 1.54) is 12.1 Å². The maximum Gasteiger partial charge on any atom is 0.336 e. The number of carboxylic acids is 1. The number of aromatic carboxylic acids is 1. The van der Waals surface area contributed by atoms with E-state index in [4.69, 9.17) is 5.11 Å². The first-order valence-corrected chi connectivity index (χ1v) is 5.51. The summed E-state index contributed by atoms with van der Waals surface area (Å²) in [5.74, 6) is -1.45. The molecule has 0 fully saturated rings. The monoisotopic (exact) mass is 240 g/mol. The molecule has 0 atom stereocenters. The molecule has 0 heterocycles. The van der Waals surface area contributed by atoms with Crippen LogP contribution in [0.25, 0.3) is 21.5 Å². The van der Waals surface area contributed by atoms with E-state index in [1.54, 1.807) is 12.1 Å². The Labute approximate surface area is 102 Å². The molecule has 0 saturated heterocycles. The van der Waals surface area contributed by atoms with Crippen molar-refractivity contribution in [2.75, 3.05) is 0 Å². The van der Waals surface area contributed by atoms with Crippen LogP contribution in [-0.2, 0) is 0 Å². The topological polar surface area (TPSA) is 37.3 Å². The fourth-order valence-corrected chi connectivity index (χ4v) is 2.18. The highest BCUT2D eigenvalue weighted by atomic mass is 19.1. The molecule has 0 aromatic heterocycles. The van der Waals surface area contributed by atoms with Crippen LogP contribution in [0.3, 0.4) is 0 Å². The minimum atomic E-state index is -1.05. The Kier molecular flexibility index (Phi) is 2.27. The van der Waals surface area contributed by atoms with Gasteiger partial charge in [0.1, 0.15) is 5.82 Å². The Bertz CT molecular complexity index is 778. The minimum absolute atomic E-state index is 0.122. The molecule has 0 amide bonds. The predicted molar refractivity (Wildman–Crippen MR) is 68.4 cm³/mol. The first-order chi connectivity index (χ1) is 8.66. The lowest BCUT2D eigenvalue weighted by molar-refractivity contribution is 0.0699. The van der Waals surface area contributed by atoms with Gasteiger partial charge in [-0.3, -0.25) is 0 Å². The van der Waals surface area contributed by atoms with Gasteiger partial charge < -0.3 is 5.11 Å². The van der Waals surface area contributed by atoms with Crippen molar-refractivity contribution in [1.82, 2.24) is 0 Å². The third kappa shape index (κ3) is 1.52. The Hall–Kier alpha value is -2.42. The minimum Gasteiger partial charge on any atom is -0.478 e. The Morgan fingerprint density at radius 3 is 2.17 bits per heavy atom. The third-order valence-electron chi connectivity index (χ3n) is 3.06. The van der Waals surface area contributed by atoms with Crippen LogP contribution in [0.2, 0.25) is 0 Å². The van der Waals surface area contributed by atoms with Crippen molar-refractivity contribution in [3.05, 3.63) is 59.9 Å². The fourth-order valence-electron chi connectivity index (χ4n) is 2.18. The smallest absolute Gasteiger partial charge is 0.336 e. The first kappa shape index (κ1) is 10.7. The van der Waals surface area contributed by atoms with Gasteiger partial charge in [0, 0.05) is 5.39 Å². The van der Waals surface area contributed by atoms with Gasteiger partial charge in [-0.1, -0.05) is 24.3 Å². The van der Waals surface area contributed by atoms with Crippen LogP contribution >= 0.6 is 0 Å². The zero-order valence-corrected chi connectivity index (χ0v) is 9.35. The number of carboxylic acid groups (broad SMARTS) is 1. The second-order valence-electron chi connectivity index (χ2n) is 4.15. The summed E-state index contributed by atoms with van der Waals surface area (Å²) in [6, 6.07) is 13.4. The van der Waals surface area contributed by atoms with Crippen LogP contribution in [0.4, 0.5) is 4.39 Å². The van der Waals surface area contributed by atoms with Crippen LogP contribution in [0.15, 0.2) is 48.5 Å². The molecule has 2 nitrogen and oxygen atoms in total. The van der Waals surface area contributed by atoms with Crippen molar-refractivity contribution >= 4 is 27.5 Å². The molecule has 0 saturated carbocycles. The van der Waals surface area contributed by atoms with Crippen molar-refractivity contribution in [2.24, 2.45) is 0 Å². The van der Waals surface area contributed by atoms with Gasteiger partial charge in [-0.15, -0.1) is 0 Å². The summed E-state index contributed by atoms with van der Waals surface area (Å²) in [5, 5.41) is 11.7. The van der Waals surface area contributed by atoms with Crippen molar-refractivity contribution < 1.29 is 14.3 Å². The molecule has 88 valence electrons. The highest BCUT2D eigenvalue weighted by molar-refractivity contribution is 6.08. The summed E-state index contributed by atoms with van der Waals surface area (Å²) in [6.45, 7) is 0. The molecule has 0 bridgehead atoms. The van der Waals surface area contributed by atoms with Gasteiger partial charge in [0.15, 0.2) is 0 Å². The standard InChI is InChI=1S/C15H9FO2/c16-14-6-5-11(15(17)18)12-7-9-3-1-2-4-10(9)8-13(12)14/h1-8H,(H,17,18). The van der Waals surface area contributed by atoms with Gasteiger partial charge in [0.2, 0.25) is 0 Å². The fraction of sp³-hybridized carbons (Fsp3) is 0. The molecule has 1 N–H and O–H groups in total. The predicted octanol–water partition coefficient (Wildman–Crippen LogP) is 3.83. The summed E-state index contributed by atoms with van der Waals surface area (Å²) >= 11 is 0. The van der Waals surface area contributed by atoms with Crippen molar-refractivity contribution in [2.45, 2.75) is 0 Å². The number of fused-ring (bicyclic) bond motifs is 2. The zero-order valence-electron chi connectivity index (χ0n) is 9.35. The second-order valence-corrected chi connectivity index (χ2v) is 4.15. The molecule has 0 aliphatic heterocycles. The van der Waals surface area contributed by atoms with Gasteiger partial charge in [0.25, 0.3) is 0 Å². The molecule has 18 heavy (non-hydrogen) atoms. The number of hydrogen-bond acceptors (Lipinski definition) is 1. The Morgan fingerprint density at radius 2 is 1.56 bits per heavy atom. The van der Waals surface area contributed by atoms with Crippen molar-refractivity contribution in [3.63, 3.8) is 0 Å². The number of rotatable bonds is 1. The van der Waals surface area contributed by atoms with E-state index < -0.39 is 11.8 Å². The summed E-state index contributed by atoms with van der Waals surface area (Å²) in [5.41, 5.74) is 0.122. The molecule has 0 unspecified atom stereocenters. The van der Waals surface area contributed by atoms with Crippen LogP contribution < -0.4 is 0 Å². The molecule has 0 spiro atoms. The van der Waals surface area contributed by atoms with Crippen LogP contribution in [-0.4, -0.2) is 11.1 Å². The molecule has 3 heteroatoms. The quantitative estimate of drug-likeness (QED) is 0.656. The maximum absolute atomic E-state index is 13.8. The number of benzene rings is 3. The molecule has 3 rings (SSSR count). The number of hydrogen-bond donors (Lipinski definition) is 1. The summed E-state index contributed by atoms with van der Waals surface area (Å²) < 4.78 is 13.8. The number of halogens is 1. The average Bonchev–Trinajstić information content (AvgIpc) is 2.37. The molecule has 0 aliphatic carbocycles. The molecule has 3 aromatic carbocycles. The van der Waals surface area contributed by atoms with E-state index in [9.17, 15) is 9.18 Å². The molecule has 3 aromatic rings. The average molecular weight is 240 g/mol. The third-order valence-corrected chi connectivity index (χ3v) is 3.06. The highest BCUT2D eigenvalue weighted by Crippen LogP contribution is 2.27. The van der Waals surface area contributed by atoms with Gasteiger partial charge in [-0.25, -0.2) is 9.18 Å². The van der Waals surface area contributed by atoms with E-state index >= 15 is 0 Å². The van der Waals surface area contributed by atoms with Gasteiger partial charge in [-0.05, 0) is 40.4 Å². The summed E-state index contributed by atoms with van der Waals surface area (Å²) in [7, 11) is 0. The Balaban J connectivity index is 2.52. The normalized spacial score (nSPS) is 10.9. The van der Waals surface area contributed by atoms with Gasteiger partial charge >= 0.3 is 5.97 Å². The first-order valence-electron chi connectivity index (χ1n) is 5.51. The van der Waals surface area contributed by atoms with E-state index in [0.717, 1.165) is 10.8 Å². The van der Waals surface area contributed by atoms with E-state index in [2.05, 4.69) is 0 Å². The maximum atomic E-state index is 13.8. The van der Waals surface area contributed by atoms with Crippen molar-refractivity contribution in [1.29, 1.82) is 0 Å². The Morgan fingerprint density at radius 1 is 0.944 bits per heavy atom. The lowest BCUT2D eigenvalue weighted by Crippen LogP contribution is -1.98. The summed E-state index contributed by atoms with van der Waals surface area (Å²) in [4.78, 5) is 11.1. The SMILES string of the molecule is O=C(O)c1ccc(F)c2cc3ccccc3cc12. The van der Waals surface area contributed by atoms with Gasteiger partial charge in [-0.2, -0.15) is 0 Å². The molecule has 0 radical (unpaired) electrons. The molecular weight excluding hydrogens is 231 g/mol. The van der Waals surface area contributed by atoms with E-state index in [1.807, 2.05) is 24.3 Å². The largest absolute Gasteiger partial charge is 0.478 e. The second kappa shape index (κ2) is 3.81. The van der Waals surface area contributed by atoms with Crippen molar-refractivity contribution in [3.8, 4) is 0 Å². The van der Waals surface area contributed by atoms with E-state index in [-0.39, 0.29) is 5.56 Å². The van der Waals surface area contributed by atoms with Gasteiger partial charge in [0.05, 0.1) is 5.56 Å². The lowest BCUT2D eigenvalue weighted by atomic mass is 9.99. The summed E-state index contributed by atoms with van der Waals surface area (Å²) in [6.07, 6.45) is 0. The zero-order chi connectivity index (χ0) is 12.7. The van der Waals surface area contributed by atoms with Crippen LogP contribution in [0, 0.1) is 5.82 Å². The highest BCUT2D eigenvalue weighted by Gasteiger charge is 2.12. The lowest BCUT2D eigenvalue weighted by Gasteiger charge is -2.06. The van der Waals surface area contributed by atoms with E-state index in [0.29, 0.717) is 10.8 Å². The number of carbonyl (C=O) groups is 1. The van der Waals surface area contributed by atoms with Crippen LogP contribution in [0.1, 0.15) is 10.4 Å².